The number of nitrogens with zero attached hydrogens (tertiary/aromatic N) is 4. The molecule has 6 rings (SSSR count). The summed E-state index contributed by atoms with van der Waals surface area (Å²) in [7, 11) is 0. The van der Waals surface area contributed by atoms with E-state index in [2.05, 4.69) is 29.0 Å². The summed E-state index contributed by atoms with van der Waals surface area (Å²) in [4.78, 5) is 25.2. The van der Waals surface area contributed by atoms with Crippen LogP contribution in [0.4, 0.5) is 10.1 Å². The van der Waals surface area contributed by atoms with Gasteiger partial charge in [-0.05, 0) is 62.4 Å². The van der Waals surface area contributed by atoms with Gasteiger partial charge in [0, 0.05) is 44.3 Å². The number of aliphatic hydroxyl groups is 1. The van der Waals surface area contributed by atoms with Crippen molar-refractivity contribution in [3.63, 3.8) is 0 Å². The fourth-order valence-corrected chi connectivity index (χ4v) is 6.12. The highest BCUT2D eigenvalue weighted by molar-refractivity contribution is 5.96. The second kappa shape index (κ2) is 11.3. The van der Waals surface area contributed by atoms with Crippen molar-refractivity contribution in [2.45, 2.75) is 56.8 Å². The maximum atomic E-state index is 13.9. The summed E-state index contributed by atoms with van der Waals surface area (Å²) >= 11 is 0. The van der Waals surface area contributed by atoms with Gasteiger partial charge in [-0.15, -0.1) is 0 Å². The first kappa shape index (κ1) is 27.5. The quantitative estimate of drug-likeness (QED) is 0.538. The van der Waals surface area contributed by atoms with Gasteiger partial charge in [0.1, 0.15) is 23.7 Å². The highest BCUT2D eigenvalue weighted by atomic mass is 19.1. The number of ether oxygens (including phenoxy) is 2. The van der Waals surface area contributed by atoms with E-state index >= 15 is 0 Å². The summed E-state index contributed by atoms with van der Waals surface area (Å²) < 4.78 is 25.1. The Morgan fingerprint density at radius 2 is 1.98 bits per heavy atom. The van der Waals surface area contributed by atoms with Crippen LogP contribution in [-0.2, 0) is 21.6 Å². The van der Waals surface area contributed by atoms with E-state index in [1.807, 2.05) is 6.07 Å². The molecule has 9 nitrogen and oxygen atoms in total. The third kappa shape index (κ3) is 5.87. The summed E-state index contributed by atoms with van der Waals surface area (Å²) in [5.74, 6) is 0.124. The number of pyridine rings is 1. The summed E-state index contributed by atoms with van der Waals surface area (Å²) in [6.07, 6.45) is 1.76. The number of fused-ring (bicyclic) bond motifs is 1. The maximum absolute atomic E-state index is 13.9. The zero-order chi connectivity index (χ0) is 27.9. The van der Waals surface area contributed by atoms with Gasteiger partial charge in [-0.2, -0.15) is 0 Å². The van der Waals surface area contributed by atoms with Gasteiger partial charge in [0.2, 0.25) is 11.8 Å². The van der Waals surface area contributed by atoms with Gasteiger partial charge < -0.3 is 24.8 Å². The highest BCUT2D eigenvalue weighted by Crippen LogP contribution is 2.48. The average molecular weight is 554 g/mol. The van der Waals surface area contributed by atoms with Crippen LogP contribution in [0.3, 0.4) is 0 Å². The zero-order valence-corrected chi connectivity index (χ0v) is 23.4. The van der Waals surface area contributed by atoms with Gasteiger partial charge in [0.05, 0.1) is 32.0 Å². The molecule has 0 bridgehead atoms. The van der Waals surface area contributed by atoms with Crippen LogP contribution < -0.4 is 15.0 Å². The van der Waals surface area contributed by atoms with Crippen LogP contribution in [-0.4, -0.2) is 103 Å². The van der Waals surface area contributed by atoms with Crippen molar-refractivity contribution in [3.05, 3.63) is 53.0 Å². The lowest BCUT2D eigenvalue weighted by Gasteiger charge is -2.44. The molecule has 4 heterocycles. The lowest BCUT2D eigenvalue weighted by Crippen LogP contribution is -2.62. The molecule has 2 saturated heterocycles. The highest BCUT2D eigenvalue weighted by Gasteiger charge is 2.46. The third-order valence-corrected chi connectivity index (χ3v) is 8.68. The minimum Gasteiger partial charge on any atom is -0.474 e. The van der Waals surface area contributed by atoms with Gasteiger partial charge in [0.25, 0.3) is 0 Å². The number of aromatic nitrogens is 1. The van der Waals surface area contributed by atoms with Gasteiger partial charge in [0.15, 0.2) is 0 Å². The van der Waals surface area contributed by atoms with Crippen molar-refractivity contribution in [1.82, 2.24) is 20.1 Å². The molecule has 3 fully saturated rings. The molecular weight excluding hydrogens is 513 g/mol. The number of carbonyl (C=O) groups excluding carboxylic acids is 1. The summed E-state index contributed by atoms with van der Waals surface area (Å²) in [5, 5.41) is 14.6. The number of hydrogen-bond donors (Lipinski definition) is 2. The number of benzene rings is 1. The van der Waals surface area contributed by atoms with Crippen molar-refractivity contribution in [2.75, 3.05) is 64.0 Å². The van der Waals surface area contributed by atoms with E-state index < -0.39 is 5.60 Å². The molecule has 0 radical (unpaired) electrons. The molecule has 2 N–H and O–H groups in total. The Bertz CT molecular complexity index is 1220. The molecule has 1 saturated carbocycles. The summed E-state index contributed by atoms with van der Waals surface area (Å²) in [6.45, 7) is 10.4. The molecule has 2 aromatic rings. The molecule has 1 aromatic carbocycles. The average Bonchev–Trinajstić information content (AvgIpc) is 3.70. The molecule has 216 valence electrons. The zero-order valence-electron chi connectivity index (χ0n) is 23.4. The van der Waals surface area contributed by atoms with Gasteiger partial charge in [-0.25, -0.2) is 9.37 Å². The minimum atomic E-state index is -0.971. The van der Waals surface area contributed by atoms with E-state index in [-0.39, 0.29) is 17.8 Å². The molecule has 0 spiro atoms. The molecule has 4 aliphatic rings. The van der Waals surface area contributed by atoms with E-state index in [0.29, 0.717) is 68.3 Å². The molecular formula is C30H40FN5O4. The fourth-order valence-electron chi connectivity index (χ4n) is 6.12. The molecule has 3 aliphatic heterocycles. The van der Waals surface area contributed by atoms with Crippen LogP contribution in [0.5, 0.6) is 5.88 Å². The summed E-state index contributed by atoms with van der Waals surface area (Å²) in [5.41, 5.74) is 2.02. The second-order valence-electron chi connectivity index (χ2n) is 11.9. The van der Waals surface area contributed by atoms with Crippen molar-refractivity contribution < 1.29 is 23.8 Å². The second-order valence-corrected chi connectivity index (χ2v) is 11.9. The molecule has 1 amide bonds. The largest absolute Gasteiger partial charge is 0.474 e. The number of piperazine rings is 1. The van der Waals surface area contributed by atoms with E-state index in [9.17, 15) is 14.3 Å². The van der Waals surface area contributed by atoms with Crippen molar-refractivity contribution in [2.24, 2.45) is 0 Å². The predicted molar refractivity (Wildman–Crippen MR) is 149 cm³/mol. The normalized spacial score (nSPS) is 26.7. The van der Waals surface area contributed by atoms with Crippen molar-refractivity contribution in [3.8, 4) is 5.88 Å². The minimum absolute atomic E-state index is 0.0195. The molecule has 0 unspecified atom stereocenters. The Kier molecular flexibility index (Phi) is 7.80. The number of hydrogen-bond acceptors (Lipinski definition) is 8. The first-order valence-electron chi connectivity index (χ1n) is 14.5. The van der Waals surface area contributed by atoms with Crippen molar-refractivity contribution >= 4 is 11.6 Å². The van der Waals surface area contributed by atoms with Crippen molar-refractivity contribution in [1.29, 1.82) is 0 Å². The van der Waals surface area contributed by atoms with Crippen LogP contribution in [0.15, 0.2) is 30.3 Å². The predicted octanol–water partition coefficient (Wildman–Crippen LogP) is 1.90. The lowest BCUT2D eigenvalue weighted by molar-refractivity contribution is -0.121. The smallest absolute Gasteiger partial charge is 0.241 e. The number of rotatable bonds is 7. The van der Waals surface area contributed by atoms with E-state index in [1.165, 1.54) is 12.1 Å². The first-order valence-corrected chi connectivity index (χ1v) is 14.5. The molecule has 1 aromatic heterocycles. The molecule has 3 atom stereocenters. The Labute approximate surface area is 235 Å². The monoisotopic (exact) mass is 553 g/mol. The number of anilines is 1. The van der Waals surface area contributed by atoms with Crippen LogP contribution in [0.2, 0.25) is 0 Å². The van der Waals surface area contributed by atoms with Crippen LogP contribution in [0.1, 0.15) is 43.5 Å². The Hall–Kier alpha value is -2.63. The van der Waals surface area contributed by atoms with Crippen LogP contribution in [0, 0.1) is 5.82 Å². The Balaban J connectivity index is 1.24. The van der Waals surface area contributed by atoms with E-state index in [4.69, 9.17) is 14.5 Å². The number of morpholine rings is 1. The SMILES string of the molecule is C[C@@H]1CN(CC(=O)N2CCOc3nc(C4(O)CC4)c(Cc4ccc(F)cc4)cc32)[C@@H](CN2CCOC[C@H]2C)CN1. The van der Waals surface area contributed by atoms with Gasteiger partial charge in [-0.1, -0.05) is 12.1 Å². The fraction of sp³-hybridized carbons (Fsp3) is 0.600. The molecule has 40 heavy (non-hydrogen) atoms. The first-order chi connectivity index (χ1) is 19.3. The Morgan fingerprint density at radius 3 is 2.73 bits per heavy atom. The van der Waals surface area contributed by atoms with Gasteiger partial charge >= 0.3 is 0 Å². The summed E-state index contributed by atoms with van der Waals surface area (Å²) in [6, 6.07) is 9.20. The maximum Gasteiger partial charge on any atom is 0.241 e. The molecule has 1 aliphatic carbocycles. The molecule has 10 heteroatoms. The number of halogens is 1. The Morgan fingerprint density at radius 1 is 1.18 bits per heavy atom. The van der Waals surface area contributed by atoms with Crippen LogP contribution >= 0.6 is 0 Å². The van der Waals surface area contributed by atoms with Crippen LogP contribution in [0.25, 0.3) is 0 Å². The standard InChI is InChI=1S/C30H40FN5O4/c1-20-16-35(25(15-32-20)17-34-9-11-39-19-21(34)2)18-27(37)36-10-12-40-29-26(36)14-23(28(33-29)30(38)7-8-30)13-22-3-5-24(31)6-4-22/h3-6,14,20-21,25,32,38H,7-13,15-19H2,1-2H3/t20-,21-,25-/m1/s1. The number of amides is 1. The number of nitrogens with one attached hydrogen (secondary N) is 1. The third-order valence-electron chi connectivity index (χ3n) is 8.68. The van der Waals surface area contributed by atoms with E-state index in [0.717, 1.165) is 50.5 Å². The lowest BCUT2D eigenvalue weighted by atomic mass is 9.99. The van der Waals surface area contributed by atoms with Gasteiger partial charge in [-0.3, -0.25) is 14.6 Å². The topological polar surface area (TPSA) is 90.4 Å². The number of carbonyl (C=O) groups is 1. The van der Waals surface area contributed by atoms with E-state index in [1.54, 1.807) is 17.0 Å².